The highest BCUT2D eigenvalue weighted by Gasteiger charge is 2.12. The van der Waals surface area contributed by atoms with Crippen LogP contribution in [-0.2, 0) is 0 Å². The van der Waals surface area contributed by atoms with Gasteiger partial charge in [0.05, 0.1) is 0 Å². The molecule has 2 heterocycles. The van der Waals surface area contributed by atoms with Gasteiger partial charge in [0.2, 0.25) is 5.95 Å². The van der Waals surface area contributed by atoms with Crippen LogP contribution >= 0.6 is 0 Å². The fourth-order valence-electron chi connectivity index (χ4n) is 2.04. The molecule has 0 amide bonds. The summed E-state index contributed by atoms with van der Waals surface area (Å²) in [5, 5.41) is 0. The van der Waals surface area contributed by atoms with Gasteiger partial charge < -0.3 is 9.80 Å². The van der Waals surface area contributed by atoms with Crippen LogP contribution in [0, 0.1) is 0 Å². The molecule has 2 rings (SSSR count). The zero-order valence-corrected chi connectivity index (χ0v) is 10.3. The lowest BCUT2D eigenvalue weighted by atomic mass is 10.4. The van der Waals surface area contributed by atoms with Gasteiger partial charge in [0.15, 0.2) is 0 Å². The van der Waals surface area contributed by atoms with E-state index in [1.165, 1.54) is 25.9 Å². The van der Waals surface area contributed by atoms with E-state index in [-0.39, 0.29) is 0 Å². The van der Waals surface area contributed by atoms with Gasteiger partial charge >= 0.3 is 0 Å². The Morgan fingerprint density at radius 2 is 2.24 bits per heavy atom. The van der Waals surface area contributed by atoms with E-state index in [2.05, 4.69) is 25.2 Å². The average molecular weight is 236 g/mol. The number of nitrogens with two attached hydrogens (primary N) is 1. The summed E-state index contributed by atoms with van der Waals surface area (Å²) in [6.07, 6.45) is 4.38. The first kappa shape index (κ1) is 12.1. The number of likely N-dealkylation sites (N-methyl/N-ethyl adjacent to an activating group) is 1. The van der Waals surface area contributed by atoms with Crippen molar-refractivity contribution in [2.75, 3.05) is 43.6 Å². The molecule has 6 nitrogen and oxygen atoms in total. The molecule has 1 aromatic rings. The van der Waals surface area contributed by atoms with E-state index in [9.17, 15) is 0 Å². The van der Waals surface area contributed by atoms with Gasteiger partial charge in [0.25, 0.3) is 0 Å². The predicted octanol–water partition coefficient (Wildman–Crippen LogP) is 0.294. The van der Waals surface area contributed by atoms with Gasteiger partial charge in [-0.3, -0.25) is 5.43 Å². The number of likely N-dealkylation sites (tertiary alicyclic amines) is 1. The van der Waals surface area contributed by atoms with Gasteiger partial charge in [-0.25, -0.2) is 10.8 Å². The Kier molecular flexibility index (Phi) is 4.11. The summed E-state index contributed by atoms with van der Waals surface area (Å²) in [7, 11) is 2.04. The Morgan fingerprint density at radius 3 is 2.94 bits per heavy atom. The molecule has 6 heteroatoms. The molecule has 0 atom stereocenters. The Hall–Kier alpha value is -1.40. The molecule has 1 aromatic heterocycles. The van der Waals surface area contributed by atoms with Gasteiger partial charge in [-0.2, -0.15) is 4.98 Å². The number of rotatable bonds is 5. The Bertz CT molecular complexity index is 350. The summed E-state index contributed by atoms with van der Waals surface area (Å²) in [6.45, 7) is 4.52. The zero-order chi connectivity index (χ0) is 12.1. The van der Waals surface area contributed by atoms with E-state index in [1.54, 1.807) is 6.20 Å². The summed E-state index contributed by atoms with van der Waals surface area (Å²) >= 11 is 0. The van der Waals surface area contributed by atoms with Crippen LogP contribution in [-0.4, -0.2) is 48.1 Å². The van der Waals surface area contributed by atoms with Crippen molar-refractivity contribution < 1.29 is 0 Å². The third-order valence-electron chi connectivity index (χ3n) is 3.11. The Labute approximate surface area is 102 Å². The molecule has 0 spiro atoms. The maximum Gasteiger partial charge on any atom is 0.239 e. The monoisotopic (exact) mass is 236 g/mol. The third kappa shape index (κ3) is 3.28. The quantitative estimate of drug-likeness (QED) is 0.566. The van der Waals surface area contributed by atoms with Crippen molar-refractivity contribution in [3.05, 3.63) is 12.3 Å². The molecule has 17 heavy (non-hydrogen) atoms. The fraction of sp³-hybridized carbons (Fsp3) is 0.636. The largest absolute Gasteiger partial charge is 0.358 e. The van der Waals surface area contributed by atoms with Crippen LogP contribution in [0.15, 0.2) is 12.3 Å². The van der Waals surface area contributed by atoms with Crippen LogP contribution < -0.4 is 16.2 Å². The molecule has 1 aliphatic rings. The number of hydrazine groups is 1. The number of anilines is 2. The highest BCUT2D eigenvalue weighted by atomic mass is 15.3. The fourth-order valence-corrected chi connectivity index (χ4v) is 2.04. The molecule has 1 fully saturated rings. The van der Waals surface area contributed by atoms with E-state index in [4.69, 9.17) is 5.84 Å². The summed E-state index contributed by atoms with van der Waals surface area (Å²) in [4.78, 5) is 12.9. The smallest absolute Gasteiger partial charge is 0.239 e. The van der Waals surface area contributed by atoms with Crippen LogP contribution in [0.2, 0.25) is 0 Å². The van der Waals surface area contributed by atoms with Crippen molar-refractivity contribution in [3.63, 3.8) is 0 Å². The maximum absolute atomic E-state index is 5.29. The van der Waals surface area contributed by atoms with Crippen LogP contribution in [0.1, 0.15) is 12.8 Å². The van der Waals surface area contributed by atoms with Crippen molar-refractivity contribution in [1.82, 2.24) is 14.9 Å². The lowest BCUT2D eigenvalue weighted by molar-refractivity contribution is 0.346. The number of nitrogen functional groups attached to an aromatic ring is 1. The summed E-state index contributed by atoms with van der Waals surface area (Å²) in [6, 6.07) is 1.89. The lowest BCUT2D eigenvalue weighted by Crippen LogP contribution is -2.32. The average Bonchev–Trinajstić information content (AvgIpc) is 2.89. The van der Waals surface area contributed by atoms with E-state index >= 15 is 0 Å². The highest BCUT2D eigenvalue weighted by molar-refractivity contribution is 5.41. The van der Waals surface area contributed by atoms with Crippen molar-refractivity contribution >= 4 is 11.8 Å². The first-order valence-electron chi connectivity index (χ1n) is 6.03. The molecule has 0 bridgehead atoms. The lowest BCUT2D eigenvalue weighted by Gasteiger charge is -2.22. The number of aromatic nitrogens is 2. The SMILES string of the molecule is CN(CCN1CCCC1)c1ccnc(NN)n1. The van der Waals surface area contributed by atoms with Gasteiger partial charge in [-0.15, -0.1) is 0 Å². The van der Waals surface area contributed by atoms with Gasteiger partial charge in [-0.1, -0.05) is 0 Å². The van der Waals surface area contributed by atoms with Crippen LogP contribution in [0.5, 0.6) is 0 Å². The minimum absolute atomic E-state index is 0.454. The number of nitrogens with zero attached hydrogens (tertiary/aromatic N) is 4. The van der Waals surface area contributed by atoms with E-state index < -0.39 is 0 Å². The molecule has 0 radical (unpaired) electrons. The van der Waals surface area contributed by atoms with E-state index in [0.29, 0.717) is 5.95 Å². The molecule has 0 saturated carbocycles. The normalized spacial score (nSPS) is 16.1. The second-order valence-electron chi connectivity index (χ2n) is 4.35. The second-order valence-corrected chi connectivity index (χ2v) is 4.35. The number of hydrogen-bond acceptors (Lipinski definition) is 6. The molecular weight excluding hydrogens is 216 g/mol. The zero-order valence-electron chi connectivity index (χ0n) is 10.3. The molecule has 0 unspecified atom stereocenters. The number of hydrogen-bond donors (Lipinski definition) is 2. The standard InChI is InChI=1S/C11H20N6/c1-16(8-9-17-6-2-3-7-17)10-4-5-13-11(14-10)15-12/h4-5H,2-3,6-9,12H2,1H3,(H,13,14,15). The van der Waals surface area contributed by atoms with Crippen molar-refractivity contribution in [2.24, 2.45) is 5.84 Å². The highest BCUT2D eigenvalue weighted by Crippen LogP contribution is 2.11. The summed E-state index contributed by atoms with van der Waals surface area (Å²) in [5.41, 5.74) is 2.46. The van der Waals surface area contributed by atoms with Crippen molar-refractivity contribution in [1.29, 1.82) is 0 Å². The maximum atomic E-state index is 5.29. The minimum atomic E-state index is 0.454. The second kappa shape index (κ2) is 5.79. The molecular formula is C11H20N6. The topological polar surface area (TPSA) is 70.3 Å². The van der Waals surface area contributed by atoms with Crippen molar-refractivity contribution in [2.45, 2.75) is 12.8 Å². The molecule has 94 valence electrons. The Balaban J connectivity index is 1.87. The molecule has 1 aliphatic heterocycles. The van der Waals surface area contributed by atoms with E-state index in [1.807, 2.05) is 13.1 Å². The van der Waals surface area contributed by atoms with E-state index in [0.717, 1.165) is 18.9 Å². The van der Waals surface area contributed by atoms with Crippen molar-refractivity contribution in [3.8, 4) is 0 Å². The van der Waals surface area contributed by atoms with Crippen LogP contribution in [0.4, 0.5) is 11.8 Å². The van der Waals surface area contributed by atoms with Gasteiger partial charge in [0.1, 0.15) is 5.82 Å². The molecule has 1 saturated heterocycles. The minimum Gasteiger partial charge on any atom is -0.358 e. The number of nitrogens with one attached hydrogen (secondary N) is 1. The van der Waals surface area contributed by atoms with Gasteiger partial charge in [-0.05, 0) is 32.0 Å². The first-order chi connectivity index (χ1) is 8.29. The van der Waals surface area contributed by atoms with Crippen LogP contribution in [0.25, 0.3) is 0 Å². The van der Waals surface area contributed by atoms with Gasteiger partial charge in [0, 0.05) is 26.3 Å². The predicted molar refractivity (Wildman–Crippen MR) is 68.8 cm³/mol. The van der Waals surface area contributed by atoms with Crippen LogP contribution in [0.3, 0.4) is 0 Å². The Morgan fingerprint density at radius 1 is 1.47 bits per heavy atom. The molecule has 3 N–H and O–H groups in total. The molecule has 0 aromatic carbocycles. The third-order valence-corrected chi connectivity index (χ3v) is 3.11. The first-order valence-corrected chi connectivity index (χ1v) is 6.03. The summed E-state index contributed by atoms with van der Waals surface area (Å²) < 4.78 is 0. The molecule has 0 aliphatic carbocycles. The summed E-state index contributed by atoms with van der Waals surface area (Å²) in [5.74, 6) is 6.64.